The number of hydrogen-bond donors (Lipinski definition) is 1. The lowest BCUT2D eigenvalue weighted by Gasteiger charge is -2.19. The summed E-state index contributed by atoms with van der Waals surface area (Å²) in [4.78, 5) is 2.29. The molecule has 0 aromatic heterocycles. The Morgan fingerprint density at radius 3 is 2.67 bits per heavy atom. The van der Waals surface area contributed by atoms with E-state index in [4.69, 9.17) is 5.73 Å². The Morgan fingerprint density at radius 1 is 1.06 bits per heavy atom. The molecule has 2 heteroatoms. The van der Waals surface area contributed by atoms with Gasteiger partial charge in [0.15, 0.2) is 0 Å². The molecule has 0 saturated heterocycles. The van der Waals surface area contributed by atoms with Crippen LogP contribution in [-0.4, -0.2) is 13.6 Å². The van der Waals surface area contributed by atoms with Crippen LogP contribution in [0.5, 0.6) is 0 Å². The number of anilines is 2. The monoisotopic (exact) mass is 238 g/mol. The average Bonchev–Trinajstić information content (AvgIpc) is 2.48. The molecule has 0 unspecified atom stereocenters. The molecular formula is C16H18N2. The standard InChI is InChI=1S/C16H18N2/c1-11-3-5-14-12(9-11)7-8-18(2)16-10-13(17)4-6-15(14)16/h3-6,9-10H,7-8,17H2,1-2H3. The lowest BCUT2D eigenvalue weighted by molar-refractivity contribution is 0.889. The maximum atomic E-state index is 5.91. The fraction of sp³-hybridized carbons (Fsp3) is 0.250. The first-order valence-corrected chi connectivity index (χ1v) is 6.36. The van der Waals surface area contributed by atoms with Gasteiger partial charge in [-0.3, -0.25) is 0 Å². The predicted molar refractivity (Wildman–Crippen MR) is 78.0 cm³/mol. The average molecular weight is 238 g/mol. The van der Waals surface area contributed by atoms with E-state index in [9.17, 15) is 0 Å². The van der Waals surface area contributed by atoms with Crippen molar-refractivity contribution in [1.29, 1.82) is 0 Å². The third-order valence-corrected chi connectivity index (χ3v) is 3.70. The van der Waals surface area contributed by atoms with Crippen LogP contribution >= 0.6 is 0 Å². The molecule has 2 aromatic rings. The minimum Gasteiger partial charge on any atom is -0.399 e. The number of aryl methyl sites for hydroxylation is 1. The first-order chi connectivity index (χ1) is 8.65. The van der Waals surface area contributed by atoms with Crippen molar-refractivity contribution in [3.05, 3.63) is 47.5 Å². The van der Waals surface area contributed by atoms with Crippen molar-refractivity contribution in [2.45, 2.75) is 13.3 Å². The topological polar surface area (TPSA) is 29.3 Å². The second kappa shape index (κ2) is 4.05. The molecule has 0 saturated carbocycles. The van der Waals surface area contributed by atoms with Gasteiger partial charge in [-0.1, -0.05) is 29.8 Å². The van der Waals surface area contributed by atoms with Gasteiger partial charge in [0.1, 0.15) is 0 Å². The van der Waals surface area contributed by atoms with Gasteiger partial charge in [-0.25, -0.2) is 0 Å². The molecule has 1 aliphatic rings. The fourth-order valence-electron chi connectivity index (χ4n) is 2.69. The lowest BCUT2D eigenvalue weighted by Crippen LogP contribution is -2.19. The summed E-state index contributed by atoms with van der Waals surface area (Å²) in [6.45, 7) is 3.19. The smallest absolute Gasteiger partial charge is 0.0464 e. The first-order valence-electron chi connectivity index (χ1n) is 6.36. The zero-order chi connectivity index (χ0) is 12.7. The Kier molecular flexibility index (Phi) is 2.51. The van der Waals surface area contributed by atoms with Crippen LogP contribution in [-0.2, 0) is 6.42 Å². The van der Waals surface area contributed by atoms with Crippen molar-refractivity contribution in [1.82, 2.24) is 0 Å². The van der Waals surface area contributed by atoms with Crippen molar-refractivity contribution < 1.29 is 0 Å². The first kappa shape index (κ1) is 11.1. The van der Waals surface area contributed by atoms with Gasteiger partial charge in [0, 0.05) is 30.5 Å². The Balaban J connectivity index is 2.26. The van der Waals surface area contributed by atoms with E-state index in [1.807, 2.05) is 6.07 Å². The summed E-state index contributed by atoms with van der Waals surface area (Å²) in [6.07, 6.45) is 1.09. The quantitative estimate of drug-likeness (QED) is 0.714. The number of rotatable bonds is 0. The minimum absolute atomic E-state index is 0.830. The number of nitrogen functional groups attached to an aromatic ring is 1. The summed E-state index contributed by atoms with van der Waals surface area (Å²) < 4.78 is 0. The van der Waals surface area contributed by atoms with Crippen molar-refractivity contribution in [3.63, 3.8) is 0 Å². The third-order valence-electron chi connectivity index (χ3n) is 3.70. The number of nitrogens with two attached hydrogens (primary N) is 1. The number of likely N-dealkylation sites (N-methyl/N-ethyl adjacent to an activating group) is 1. The largest absolute Gasteiger partial charge is 0.399 e. The number of benzene rings is 2. The normalized spacial score (nSPS) is 13.8. The molecule has 2 N–H and O–H groups in total. The predicted octanol–water partition coefficient (Wildman–Crippen LogP) is 3.24. The highest BCUT2D eigenvalue weighted by Gasteiger charge is 2.17. The fourth-order valence-corrected chi connectivity index (χ4v) is 2.69. The van der Waals surface area contributed by atoms with Crippen molar-refractivity contribution >= 4 is 11.4 Å². The van der Waals surface area contributed by atoms with E-state index in [1.165, 1.54) is 27.9 Å². The van der Waals surface area contributed by atoms with Crippen LogP contribution in [0.25, 0.3) is 11.1 Å². The number of fused-ring (bicyclic) bond motifs is 3. The summed E-state index contributed by atoms with van der Waals surface area (Å²) in [6, 6.07) is 12.9. The van der Waals surface area contributed by atoms with E-state index in [2.05, 4.69) is 49.2 Å². The van der Waals surface area contributed by atoms with Crippen LogP contribution in [0.3, 0.4) is 0 Å². The van der Waals surface area contributed by atoms with Crippen LogP contribution in [0.15, 0.2) is 36.4 Å². The molecule has 1 heterocycles. The molecule has 1 aliphatic heterocycles. The van der Waals surface area contributed by atoms with Gasteiger partial charge in [-0.05, 0) is 36.6 Å². The van der Waals surface area contributed by atoms with E-state index in [-0.39, 0.29) is 0 Å². The molecule has 2 aromatic carbocycles. The van der Waals surface area contributed by atoms with Gasteiger partial charge in [0.2, 0.25) is 0 Å². The van der Waals surface area contributed by atoms with Crippen LogP contribution < -0.4 is 10.6 Å². The molecule has 0 aliphatic carbocycles. The summed E-state index contributed by atoms with van der Waals surface area (Å²) in [5.41, 5.74) is 13.4. The van der Waals surface area contributed by atoms with Gasteiger partial charge in [-0.2, -0.15) is 0 Å². The van der Waals surface area contributed by atoms with Gasteiger partial charge in [0.05, 0.1) is 0 Å². The van der Waals surface area contributed by atoms with Gasteiger partial charge in [-0.15, -0.1) is 0 Å². The van der Waals surface area contributed by atoms with Crippen LogP contribution in [0.1, 0.15) is 11.1 Å². The molecule has 92 valence electrons. The minimum atomic E-state index is 0.830. The van der Waals surface area contributed by atoms with Gasteiger partial charge < -0.3 is 10.6 Å². The summed E-state index contributed by atoms with van der Waals surface area (Å²) >= 11 is 0. The maximum absolute atomic E-state index is 5.91. The lowest BCUT2D eigenvalue weighted by atomic mass is 9.96. The van der Waals surface area contributed by atoms with Crippen LogP contribution in [0, 0.1) is 6.92 Å². The number of nitrogens with zero attached hydrogens (tertiary/aromatic N) is 1. The van der Waals surface area contributed by atoms with E-state index < -0.39 is 0 Å². The van der Waals surface area contributed by atoms with Crippen LogP contribution in [0.4, 0.5) is 11.4 Å². The molecule has 0 amide bonds. The van der Waals surface area contributed by atoms with Gasteiger partial charge >= 0.3 is 0 Å². The molecule has 18 heavy (non-hydrogen) atoms. The van der Waals surface area contributed by atoms with Gasteiger partial charge in [0.25, 0.3) is 0 Å². The molecule has 0 bridgehead atoms. The Bertz CT molecular complexity index is 602. The number of hydrogen-bond acceptors (Lipinski definition) is 2. The van der Waals surface area contributed by atoms with E-state index >= 15 is 0 Å². The summed E-state index contributed by atoms with van der Waals surface area (Å²) in [7, 11) is 2.14. The summed E-state index contributed by atoms with van der Waals surface area (Å²) in [5, 5.41) is 0. The van der Waals surface area contributed by atoms with E-state index in [0.717, 1.165) is 18.7 Å². The molecule has 2 nitrogen and oxygen atoms in total. The van der Waals surface area contributed by atoms with Crippen molar-refractivity contribution in [2.75, 3.05) is 24.2 Å². The molecule has 0 atom stereocenters. The van der Waals surface area contributed by atoms with E-state index in [1.54, 1.807) is 0 Å². The molecule has 0 radical (unpaired) electrons. The Morgan fingerprint density at radius 2 is 1.83 bits per heavy atom. The highest BCUT2D eigenvalue weighted by atomic mass is 15.1. The molecule has 3 rings (SSSR count). The van der Waals surface area contributed by atoms with E-state index in [0.29, 0.717) is 0 Å². The zero-order valence-electron chi connectivity index (χ0n) is 10.9. The van der Waals surface area contributed by atoms with Crippen LogP contribution in [0.2, 0.25) is 0 Å². The molecule has 0 spiro atoms. The maximum Gasteiger partial charge on any atom is 0.0464 e. The SMILES string of the molecule is Cc1ccc2c(c1)CCN(C)c1cc(N)ccc1-2. The van der Waals surface area contributed by atoms with Crippen molar-refractivity contribution in [3.8, 4) is 11.1 Å². The third kappa shape index (κ3) is 1.74. The highest BCUT2D eigenvalue weighted by molar-refractivity contribution is 5.84. The Hall–Kier alpha value is -1.96. The second-order valence-corrected chi connectivity index (χ2v) is 5.11. The summed E-state index contributed by atoms with van der Waals surface area (Å²) in [5.74, 6) is 0. The van der Waals surface area contributed by atoms with Crippen molar-refractivity contribution in [2.24, 2.45) is 0 Å². The highest BCUT2D eigenvalue weighted by Crippen LogP contribution is 2.37. The molecule has 0 fully saturated rings. The zero-order valence-corrected chi connectivity index (χ0v) is 10.9. The Labute approximate surface area is 108 Å². The molecular weight excluding hydrogens is 220 g/mol. The second-order valence-electron chi connectivity index (χ2n) is 5.11.